The predicted octanol–water partition coefficient (Wildman–Crippen LogP) is 3.29. The summed E-state index contributed by atoms with van der Waals surface area (Å²) in [7, 11) is 1.87. The molecular weight excluding hydrogens is 134 g/mol. The molecule has 66 valence electrons. The molecule has 0 aromatic rings. The fourth-order valence-electron chi connectivity index (χ4n) is 1.20. The smallest absolute Gasteiger partial charge is 0.0276 e. The molecule has 0 aromatic heterocycles. The largest absolute Gasteiger partial charge is 0.298 e. The Balaban J connectivity index is 3.37. The first-order chi connectivity index (χ1) is 5.20. The van der Waals surface area contributed by atoms with Crippen molar-refractivity contribution in [2.24, 2.45) is 10.9 Å². The van der Waals surface area contributed by atoms with Gasteiger partial charge in [0.25, 0.3) is 0 Å². The van der Waals surface area contributed by atoms with Gasteiger partial charge in [0.2, 0.25) is 0 Å². The Kier molecular flexibility index (Phi) is 6.19. The highest BCUT2D eigenvalue weighted by molar-refractivity contribution is 5.81. The lowest BCUT2D eigenvalue weighted by Gasteiger charge is -2.08. The van der Waals surface area contributed by atoms with Gasteiger partial charge in [-0.05, 0) is 25.7 Å². The molecule has 0 N–H and O–H groups in total. The third kappa shape index (κ3) is 6.08. The average molecular weight is 155 g/mol. The highest BCUT2D eigenvalue weighted by atomic mass is 14.7. The van der Waals surface area contributed by atoms with Crippen LogP contribution in [0.4, 0.5) is 0 Å². The van der Waals surface area contributed by atoms with Crippen molar-refractivity contribution in [1.29, 1.82) is 0 Å². The summed E-state index contributed by atoms with van der Waals surface area (Å²) in [6.07, 6.45) is 5.15. The summed E-state index contributed by atoms with van der Waals surface area (Å²) in [6, 6.07) is 0. The molecule has 0 saturated carbocycles. The third-order valence-corrected chi connectivity index (χ3v) is 2.16. The molecule has 1 unspecified atom stereocenters. The Morgan fingerprint density at radius 2 is 2.00 bits per heavy atom. The van der Waals surface area contributed by atoms with Crippen molar-refractivity contribution in [3.8, 4) is 0 Å². The summed E-state index contributed by atoms with van der Waals surface area (Å²) in [5, 5.41) is 0. The minimum Gasteiger partial charge on any atom is -0.298 e. The standard InChI is InChI=1S/C10H21N/c1-5-6-9(2)7-8-10(3)11-4/h9H,5-8H2,1-4H3/b11-10-. The summed E-state index contributed by atoms with van der Waals surface area (Å²) in [4.78, 5) is 4.14. The molecule has 1 atom stereocenters. The van der Waals surface area contributed by atoms with E-state index in [-0.39, 0.29) is 0 Å². The van der Waals surface area contributed by atoms with Crippen LogP contribution in [0.1, 0.15) is 46.5 Å². The predicted molar refractivity (Wildman–Crippen MR) is 52.3 cm³/mol. The molecule has 0 radical (unpaired) electrons. The molecule has 0 amide bonds. The van der Waals surface area contributed by atoms with Gasteiger partial charge >= 0.3 is 0 Å². The Morgan fingerprint density at radius 1 is 1.36 bits per heavy atom. The first-order valence-electron chi connectivity index (χ1n) is 4.63. The molecule has 0 rings (SSSR count). The van der Waals surface area contributed by atoms with Gasteiger partial charge in [-0.2, -0.15) is 0 Å². The summed E-state index contributed by atoms with van der Waals surface area (Å²) in [5.74, 6) is 0.872. The fourth-order valence-corrected chi connectivity index (χ4v) is 1.20. The number of hydrogen-bond donors (Lipinski definition) is 0. The minimum atomic E-state index is 0.872. The van der Waals surface area contributed by atoms with Gasteiger partial charge in [0.05, 0.1) is 0 Å². The Morgan fingerprint density at radius 3 is 2.45 bits per heavy atom. The van der Waals surface area contributed by atoms with Crippen LogP contribution in [-0.2, 0) is 0 Å². The van der Waals surface area contributed by atoms with Crippen molar-refractivity contribution in [1.82, 2.24) is 0 Å². The van der Waals surface area contributed by atoms with E-state index in [0.29, 0.717) is 0 Å². The van der Waals surface area contributed by atoms with Gasteiger partial charge in [-0.25, -0.2) is 0 Å². The maximum atomic E-state index is 4.14. The zero-order valence-corrected chi connectivity index (χ0v) is 8.35. The van der Waals surface area contributed by atoms with Crippen molar-refractivity contribution >= 4 is 5.71 Å². The van der Waals surface area contributed by atoms with E-state index in [1.807, 2.05) is 7.05 Å². The van der Waals surface area contributed by atoms with Crippen LogP contribution in [0, 0.1) is 5.92 Å². The van der Waals surface area contributed by atoms with Gasteiger partial charge in [-0.3, -0.25) is 4.99 Å². The van der Waals surface area contributed by atoms with Gasteiger partial charge < -0.3 is 0 Å². The molecular formula is C10H21N. The van der Waals surface area contributed by atoms with Gasteiger partial charge in [0.1, 0.15) is 0 Å². The second kappa shape index (κ2) is 6.38. The van der Waals surface area contributed by atoms with Crippen LogP contribution in [0.5, 0.6) is 0 Å². The topological polar surface area (TPSA) is 12.4 Å². The van der Waals surface area contributed by atoms with Crippen molar-refractivity contribution in [3.05, 3.63) is 0 Å². The van der Waals surface area contributed by atoms with E-state index in [0.717, 1.165) is 5.92 Å². The van der Waals surface area contributed by atoms with Crippen molar-refractivity contribution in [3.63, 3.8) is 0 Å². The molecule has 0 fully saturated rings. The molecule has 0 aliphatic heterocycles. The van der Waals surface area contributed by atoms with Crippen molar-refractivity contribution in [2.75, 3.05) is 7.05 Å². The first kappa shape index (κ1) is 10.7. The van der Waals surface area contributed by atoms with Crippen LogP contribution in [0.15, 0.2) is 4.99 Å². The van der Waals surface area contributed by atoms with E-state index in [1.165, 1.54) is 31.4 Å². The van der Waals surface area contributed by atoms with E-state index < -0.39 is 0 Å². The molecule has 1 heteroatoms. The van der Waals surface area contributed by atoms with Crippen LogP contribution in [0.2, 0.25) is 0 Å². The highest BCUT2D eigenvalue weighted by Crippen LogP contribution is 2.12. The summed E-state index contributed by atoms with van der Waals surface area (Å²) in [6.45, 7) is 6.68. The van der Waals surface area contributed by atoms with E-state index in [4.69, 9.17) is 0 Å². The van der Waals surface area contributed by atoms with Crippen LogP contribution in [0.25, 0.3) is 0 Å². The van der Waals surface area contributed by atoms with Crippen LogP contribution >= 0.6 is 0 Å². The molecule has 1 nitrogen and oxygen atoms in total. The lowest BCUT2D eigenvalue weighted by atomic mass is 9.99. The SMILES string of the molecule is CCCC(C)CC/C(C)=N\C. The van der Waals surface area contributed by atoms with Gasteiger partial charge in [-0.1, -0.05) is 26.7 Å². The van der Waals surface area contributed by atoms with Crippen LogP contribution in [-0.4, -0.2) is 12.8 Å². The van der Waals surface area contributed by atoms with Crippen LogP contribution < -0.4 is 0 Å². The molecule has 0 aromatic carbocycles. The van der Waals surface area contributed by atoms with Gasteiger partial charge in [0.15, 0.2) is 0 Å². The number of nitrogens with zero attached hydrogens (tertiary/aromatic N) is 1. The zero-order chi connectivity index (χ0) is 8.69. The lowest BCUT2D eigenvalue weighted by molar-refractivity contribution is 0.496. The quantitative estimate of drug-likeness (QED) is 0.540. The molecule has 0 bridgehead atoms. The maximum absolute atomic E-state index is 4.14. The van der Waals surface area contributed by atoms with E-state index in [2.05, 4.69) is 25.8 Å². The maximum Gasteiger partial charge on any atom is 0.0276 e. The Labute approximate surface area is 70.9 Å². The van der Waals surface area contributed by atoms with Gasteiger partial charge in [-0.15, -0.1) is 0 Å². The molecule has 0 aliphatic carbocycles. The Hall–Kier alpha value is -0.330. The van der Waals surface area contributed by atoms with E-state index >= 15 is 0 Å². The lowest BCUT2D eigenvalue weighted by Crippen LogP contribution is -1.98. The molecule has 0 saturated heterocycles. The zero-order valence-electron chi connectivity index (χ0n) is 8.35. The Bertz CT molecular complexity index is 116. The van der Waals surface area contributed by atoms with E-state index in [9.17, 15) is 0 Å². The number of hydrogen-bond acceptors (Lipinski definition) is 1. The summed E-state index contributed by atoms with van der Waals surface area (Å²) < 4.78 is 0. The molecule has 11 heavy (non-hydrogen) atoms. The first-order valence-corrected chi connectivity index (χ1v) is 4.63. The van der Waals surface area contributed by atoms with Crippen LogP contribution in [0.3, 0.4) is 0 Å². The molecule has 0 aliphatic rings. The summed E-state index contributed by atoms with van der Waals surface area (Å²) in [5.41, 5.74) is 1.29. The minimum absolute atomic E-state index is 0.872. The van der Waals surface area contributed by atoms with E-state index in [1.54, 1.807) is 0 Å². The molecule has 0 heterocycles. The van der Waals surface area contributed by atoms with Gasteiger partial charge in [0, 0.05) is 12.8 Å². The monoisotopic (exact) mass is 155 g/mol. The second-order valence-corrected chi connectivity index (χ2v) is 3.39. The third-order valence-electron chi connectivity index (χ3n) is 2.16. The summed E-state index contributed by atoms with van der Waals surface area (Å²) >= 11 is 0. The average Bonchev–Trinajstić information content (AvgIpc) is 2.01. The fraction of sp³-hybridized carbons (Fsp3) is 0.900. The highest BCUT2D eigenvalue weighted by Gasteiger charge is 2.00. The van der Waals surface area contributed by atoms with Crippen molar-refractivity contribution in [2.45, 2.75) is 46.5 Å². The second-order valence-electron chi connectivity index (χ2n) is 3.39. The number of rotatable bonds is 5. The normalized spacial score (nSPS) is 15.1. The molecule has 0 spiro atoms. The number of aliphatic imine (C=N–C) groups is 1. The van der Waals surface area contributed by atoms with Crippen molar-refractivity contribution < 1.29 is 0 Å².